The third kappa shape index (κ3) is 6.84. The topological polar surface area (TPSA) is 72.8 Å². The number of esters is 1. The predicted octanol–water partition coefficient (Wildman–Crippen LogP) is 5.98. The molecule has 5 heteroatoms. The van der Waals surface area contributed by atoms with Crippen molar-refractivity contribution < 1.29 is 24.2 Å². The van der Waals surface area contributed by atoms with Crippen molar-refractivity contribution in [2.75, 3.05) is 0 Å². The lowest BCUT2D eigenvalue weighted by Crippen LogP contribution is -2.25. The van der Waals surface area contributed by atoms with Crippen LogP contribution in [0.2, 0.25) is 0 Å². The lowest BCUT2D eigenvalue weighted by molar-refractivity contribution is -0.138. The lowest BCUT2D eigenvalue weighted by Gasteiger charge is -2.29. The molecule has 2 rings (SSSR count). The minimum atomic E-state index is -0.909. The van der Waals surface area contributed by atoms with Gasteiger partial charge in [-0.3, -0.25) is 9.59 Å². The number of aliphatic carboxylic acids is 1. The summed E-state index contributed by atoms with van der Waals surface area (Å²) in [5.41, 5.74) is 2.63. The van der Waals surface area contributed by atoms with E-state index in [0.717, 1.165) is 23.1 Å². The summed E-state index contributed by atoms with van der Waals surface area (Å²) in [5.74, 6) is 0.292. The highest BCUT2D eigenvalue weighted by Gasteiger charge is 2.32. The number of ether oxygens (including phenoxy) is 2. The van der Waals surface area contributed by atoms with Gasteiger partial charge in [0.2, 0.25) is 0 Å². The van der Waals surface area contributed by atoms with Crippen molar-refractivity contribution in [1.82, 2.24) is 0 Å². The molecule has 0 aliphatic heterocycles. The first-order valence-corrected chi connectivity index (χ1v) is 10.7. The SMILES string of the molecule is Cc1cc(OC(=O)CCC(C)C)c(C(C)(C)CC(=O)O)c(C)c1OCc1ccccc1. The molecule has 5 nitrogen and oxygen atoms in total. The third-order valence-electron chi connectivity index (χ3n) is 5.31. The van der Waals surface area contributed by atoms with Crippen molar-refractivity contribution in [2.45, 2.75) is 72.8 Å². The third-order valence-corrected chi connectivity index (χ3v) is 5.31. The Morgan fingerprint density at radius 1 is 1.10 bits per heavy atom. The Labute approximate surface area is 185 Å². The zero-order chi connectivity index (χ0) is 23.2. The molecule has 0 saturated heterocycles. The first-order valence-electron chi connectivity index (χ1n) is 10.7. The molecule has 0 spiro atoms. The second kappa shape index (κ2) is 10.5. The van der Waals surface area contributed by atoms with Crippen molar-refractivity contribution in [1.29, 1.82) is 0 Å². The predicted molar refractivity (Wildman–Crippen MR) is 122 cm³/mol. The van der Waals surface area contributed by atoms with Crippen LogP contribution in [-0.2, 0) is 21.6 Å². The van der Waals surface area contributed by atoms with E-state index in [4.69, 9.17) is 9.47 Å². The molecular weight excluding hydrogens is 392 g/mol. The summed E-state index contributed by atoms with van der Waals surface area (Å²) < 4.78 is 11.9. The van der Waals surface area contributed by atoms with Gasteiger partial charge in [-0.1, -0.05) is 58.0 Å². The van der Waals surface area contributed by atoms with E-state index in [9.17, 15) is 14.7 Å². The first-order chi connectivity index (χ1) is 14.5. The average Bonchev–Trinajstić information content (AvgIpc) is 2.65. The summed E-state index contributed by atoms with van der Waals surface area (Å²) in [5, 5.41) is 9.46. The normalized spacial score (nSPS) is 11.5. The number of hydrogen-bond acceptors (Lipinski definition) is 4. The maximum Gasteiger partial charge on any atom is 0.311 e. The van der Waals surface area contributed by atoms with E-state index in [0.29, 0.717) is 36.0 Å². The van der Waals surface area contributed by atoms with Crippen LogP contribution in [0, 0.1) is 19.8 Å². The smallest absolute Gasteiger partial charge is 0.311 e. The van der Waals surface area contributed by atoms with Crippen LogP contribution < -0.4 is 9.47 Å². The molecule has 2 aromatic carbocycles. The van der Waals surface area contributed by atoms with Gasteiger partial charge >= 0.3 is 11.9 Å². The number of carboxylic acids is 1. The molecule has 0 aliphatic rings. The van der Waals surface area contributed by atoms with Gasteiger partial charge in [0, 0.05) is 17.4 Å². The molecule has 0 fully saturated rings. The minimum absolute atomic E-state index is 0.0917. The van der Waals surface area contributed by atoms with Gasteiger partial charge in [-0.05, 0) is 48.9 Å². The van der Waals surface area contributed by atoms with Crippen LogP contribution in [0.15, 0.2) is 36.4 Å². The van der Waals surface area contributed by atoms with Crippen LogP contribution in [0.3, 0.4) is 0 Å². The fraction of sp³-hybridized carbons (Fsp3) is 0.462. The molecule has 0 saturated carbocycles. The molecule has 0 unspecified atom stereocenters. The molecule has 1 N–H and O–H groups in total. The minimum Gasteiger partial charge on any atom is -0.488 e. The van der Waals surface area contributed by atoms with Crippen molar-refractivity contribution >= 4 is 11.9 Å². The number of rotatable bonds is 10. The number of aryl methyl sites for hydroxylation is 1. The Morgan fingerprint density at radius 2 is 1.74 bits per heavy atom. The fourth-order valence-corrected chi connectivity index (χ4v) is 3.85. The van der Waals surface area contributed by atoms with Gasteiger partial charge in [0.05, 0.1) is 6.42 Å². The molecule has 2 aromatic rings. The van der Waals surface area contributed by atoms with Gasteiger partial charge in [0.15, 0.2) is 0 Å². The Kier molecular flexibility index (Phi) is 8.26. The second-order valence-electron chi connectivity index (χ2n) is 9.16. The quantitative estimate of drug-likeness (QED) is 0.374. The van der Waals surface area contributed by atoms with E-state index in [1.54, 1.807) is 6.07 Å². The number of carbonyl (C=O) groups is 2. The molecule has 0 aliphatic carbocycles. The van der Waals surface area contributed by atoms with Crippen molar-refractivity contribution in [2.24, 2.45) is 5.92 Å². The highest BCUT2D eigenvalue weighted by atomic mass is 16.5. The monoisotopic (exact) mass is 426 g/mol. The van der Waals surface area contributed by atoms with Crippen LogP contribution in [0.1, 0.15) is 69.2 Å². The maximum atomic E-state index is 12.5. The summed E-state index contributed by atoms with van der Waals surface area (Å²) in [6, 6.07) is 11.6. The first kappa shape index (κ1) is 24.4. The van der Waals surface area contributed by atoms with Crippen molar-refractivity contribution in [3.63, 3.8) is 0 Å². The highest BCUT2D eigenvalue weighted by molar-refractivity contribution is 5.75. The second-order valence-corrected chi connectivity index (χ2v) is 9.16. The zero-order valence-corrected chi connectivity index (χ0v) is 19.5. The van der Waals surface area contributed by atoms with E-state index in [1.807, 2.05) is 58.0 Å². The average molecular weight is 427 g/mol. The maximum absolute atomic E-state index is 12.5. The molecule has 31 heavy (non-hydrogen) atoms. The standard InChI is InChI=1S/C26H34O5/c1-17(2)12-13-23(29)31-21-14-18(3)25(30-16-20-10-8-7-9-11-20)19(4)24(21)26(5,6)15-22(27)28/h7-11,14,17H,12-13,15-16H2,1-6H3,(H,27,28). The summed E-state index contributed by atoms with van der Waals surface area (Å²) in [4.78, 5) is 24.0. The van der Waals surface area contributed by atoms with Crippen LogP contribution in [0.25, 0.3) is 0 Å². The molecular formula is C26H34O5. The number of carbonyl (C=O) groups excluding carboxylic acids is 1. The number of benzene rings is 2. The van der Waals surface area contributed by atoms with Gasteiger partial charge in [-0.25, -0.2) is 0 Å². The van der Waals surface area contributed by atoms with Gasteiger partial charge in [0.25, 0.3) is 0 Å². The van der Waals surface area contributed by atoms with Gasteiger partial charge in [-0.15, -0.1) is 0 Å². The number of carboxylic acid groups (broad SMARTS) is 1. The molecule has 0 heterocycles. The Morgan fingerprint density at radius 3 is 2.32 bits per heavy atom. The van der Waals surface area contributed by atoms with Gasteiger partial charge in [-0.2, -0.15) is 0 Å². The van der Waals surface area contributed by atoms with Crippen molar-refractivity contribution in [3.05, 3.63) is 58.7 Å². The van der Waals surface area contributed by atoms with Crippen LogP contribution >= 0.6 is 0 Å². The van der Waals surface area contributed by atoms with Crippen LogP contribution in [0.4, 0.5) is 0 Å². The Hall–Kier alpha value is -2.82. The Bertz CT molecular complexity index is 913. The number of hydrogen-bond donors (Lipinski definition) is 1. The van der Waals surface area contributed by atoms with E-state index < -0.39 is 11.4 Å². The van der Waals surface area contributed by atoms with Gasteiger partial charge < -0.3 is 14.6 Å². The summed E-state index contributed by atoms with van der Waals surface area (Å²) in [6.07, 6.45) is 0.968. The molecule has 0 atom stereocenters. The van der Waals surface area contributed by atoms with E-state index >= 15 is 0 Å². The van der Waals surface area contributed by atoms with Crippen LogP contribution in [-0.4, -0.2) is 17.0 Å². The molecule has 0 amide bonds. The summed E-state index contributed by atoms with van der Waals surface area (Å²) >= 11 is 0. The molecule has 0 radical (unpaired) electrons. The largest absolute Gasteiger partial charge is 0.488 e. The lowest BCUT2D eigenvalue weighted by atomic mass is 9.78. The molecule has 0 bridgehead atoms. The summed E-state index contributed by atoms with van der Waals surface area (Å²) in [7, 11) is 0. The van der Waals surface area contributed by atoms with E-state index in [2.05, 4.69) is 13.8 Å². The molecule has 0 aromatic heterocycles. The van der Waals surface area contributed by atoms with Gasteiger partial charge in [0.1, 0.15) is 18.1 Å². The molecule has 168 valence electrons. The van der Waals surface area contributed by atoms with E-state index in [-0.39, 0.29) is 12.4 Å². The highest BCUT2D eigenvalue weighted by Crippen LogP contribution is 2.43. The Balaban J connectivity index is 2.44. The summed E-state index contributed by atoms with van der Waals surface area (Å²) in [6.45, 7) is 12.0. The van der Waals surface area contributed by atoms with E-state index in [1.165, 1.54) is 0 Å². The van der Waals surface area contributed by atoms with Crippen LogP contribution in [0.5, 0.6) is 11.5 Å². The zero-order valence-electron chi connectivity index (χ0n) is 19.5. The fourth-order valence-electron chi connectivity index (χ4n) is 3.85. The van der Waals surface area contributed by atoms with Crippen molar-refractivity contribution in [3.8, 4) is 11.5 Å².